The van der Waals surface area contributed by atoms with Gasteiger partial charge in [-0.3, -0.25) is 4.79 Å². The van der Waals surface area contributed by atoms with Gasteiger partial charge in [0.1, 0.15) is 5.82 Å². The SMILES string of the molecule is CCCCC(CC)c1nccc(-c2ccc3nc(NC(C)=O)sc3c2)n1. The quantitative estimate of drug-likeness (QED) is 0.606. The number of hydrogen-bond donors (Lipinski definition) is 1. The Labute approximate surface area is 157 Å². The second kappa shape index (κ2) is 8.36. The van der Waals surface area contributed by atoms with Crippen LogP contribution >= 0.6 is 11.3 Å². The second-order valence-corrected chi connectivity index (χ2v) is 7.46. The number of amides is 1. The molecular weight excluding hydrogens is 344 g/mol. The zero-order valence-corrected chi connectivity index (χ0v) is 16.3. The number of carbonyl (C=O) groups excluding carboxylic acids is 1. The molecule has 0 radical (unpaired) electrons. The minimum absolute atomic E-state index is 0.109. The molecule has 6 heteroatoms. The van der Waals surface area contributed by atoms with Gasteiger partial charge in [-0.25, -0.2) is 15.0 Å². The largest absolute Gasteiger partial charge is 0.302 e. The molecule has 136 valence electrons. The Morgan fingerprint density at radius 1 is 1.23 bits per heavy atom. The number of nitrogens with one attached hydrogen (secondary N) is 1. The second-order valence-electron chi connectivity index (χ2n) is 6.43. The van der Waals surface area contributed by atoms with Crippen molar-refractivity contribution in [2.75, 3.05) is 5.32 Å². The zero-order valence-electron chi connectivity index (χ0n) is 15.5. The summed E-state index contributed by atoms with van der Waals surface area (Å²) in [6.07, 6.45) is 6.42. The third kappa shape index (κ3) is 4.25. The van der Waals surface area contributed by atoms with Gasteiger partial charge in [0.15, 0.2) is 5.13 Å². The topological polar surface area (TPSA) is 67.8 Å². The van der Waals surface area contributed by atoms with Gasteiger partial charge in [0, 0.05) is 24.6 Å². The molecule has 0 saturated heterocycles. The van der Waals surface area contributed by atoms with E-state index in [9.17, 15) is 4.79 Å². The van der Waals surface area contributed by atoms with Gasteiger partial charge in [-0.05, 0) is 31.0 Å². The predicted molar refractivity (Wildman–Crippen MR) is 108 cm³/mol. The van der Waals surface area contributed by atoms with Crippen molar-refractivity contribution in [1.82, 2.24) is 15.0 Å². The molecule has 1 unspecified atom stereocenters. The molecule has 0 aliphatic carbocycles. The van der Waals surface area contributed by atoms with Crippen LogP contribution in [0.3, 0.4) is 0 Å². The molecule has 0 aliphatic heterocycles. The molecule has 5 nitrogen and oxygen atoms in total. The maximum atomic E-state index is 11.2. The number of thiazole rings is 1. The molecule has 1 atom stereocenters. The molecule has 2 aromatic heterocycles. The fourth-order valence-electron chi connectivity index (χ4n) is 2.99. The van der Waals surface area contributed by atoms with E-state index in [-0.39, 0.29) is 5.91 Å². The van der Waals surface area contributed by atoms with Crippen molar-refractivity contribution >= 4 is 32.6 Å². The van der Waals surface area contributed by atoms with Crippen molar-refractivity contribution in [2.24, 2.45) is 0 Å². The number of benzene rings is 1. The molecule has 0 bridgehead atoms. The fraction of sp³-hybridized carbons (Fsp3) is 0.400. The Morgan fingerprint density at radius 3 is 2.81 bits per heavy atom. The maximum absolute atomic E-state index is 11.2. The Kier molecular flexibility index (Phi) is 5.93. The van der Waals surface area contributed by atoms with E-state index in [1.54, 1.807) is 0 Å². The third-order valence-electron chi connectivity index (χ3n) is 4.41. The Morgan fingerprint density at radius 2 is 2.08 bits per heavy atom. The lowest BCUT2D eigenvalue weighted by atomic mass is 9.98. The summed E-state index contributed by atoms with van der Waals surface area (Å²) in [5, 5.41) is 3.37. The summed E-state index contributed by atoms with van der Waals surface area (Å²) in [5.41, 5.74) is 2.86. The minimum Gasteiger partial charge on any atom is -0.302 e. The highest BCUT2D eigenvalue weighted by Crippen LogP contribution is 2.31. The number of rotatable bonds is 7. The third-order valence-corrected chi connectivity index (χ3v) is 5.34. The highest BCUT2D eigenvalue weighted by Gasteiger charge is 2.14. The van der Waals surface area contributed by atoms with Gasteiger partial charge in [0.25, 0.3) is 0 Å². The summed E-state index contributed by atoms with van der Waals surface area (Å²) in [6.45, 7) is 5.90. The summed E-state index contributed by atoms with van der Waals surface area (Å²) >= 11 is 1.47. The van der Waals surface area contributed by atoms with Gasteiger partial charge in [-0.2, -0.15) is 0 Å². The van der Waals surface area contributed by atoms with Crippen LogP contribution in [0.4, 0.5) is 5.13 Å². The van der Waals surface area contributed by atoms with Crippen molar-refractivity contribution in [1.29, 1.82) is 0 Å². The molecule has 3 rings (SSSR count). The lowest BCUT2D eigenvalue weighted by Crippen LogP contribution is -2.04. The standard InChI is InChI=1S/C20H24N4OS/c1-4-6-7-14(5-2)19-21-11-10-16(23-19)15-8-9-17-18(12-15)26-20(24-17)22-13(3)25/h8-12,14H,4-7H2,1-3H3,(H,22,24,25). The Bertz CT molecular complexity index is 906. The van der Waals surface area contributed by atoms with E-state index < -0.39 is 0 Å². The van der Waals surface area contributed by atoms with Crippen molar-refractivity contribution in [3.63, 3.8) is 0 Å². The summed E-state index contributed by atoms with van der Waals surface area (Å²) in [4.78, 5) is 25.0. The number of anilines is 1. The van der Waals surface area contributed by atoms with Gasteiger partial charge in [-0.15, -0.1) is 0 Å². The monoisotopic (exact) mass is 368 g/mol. The van der Waals surface area contributed by atoms with Crippen LogP contribution in [-0.2, 0) is 4.79 Å². The predicted octanol–water partition coefficient (Wildman–Crippen LogP) is 5.40. The summed E-state index contributed by atoms with van der Waals surface area (Å²) in [6, 6.07) is 8.03. The first-order valence-corrected chi connectivity index (χ1v) is 9.93. The minimum atomic E-state index is -0.109. The lowest BCUT2D eigenvalue weighted by molar-refractivity contribution is -0.114. The summed E-state index contributed by atoms with van der Waals surface area (Å²) < 4.78 is 1.03. The Hall–Kier alpha value is -2.34. The van der Waals surface area contributed by atoms with E-state index in [2.05, 4.69) is 35.2 Å². The van der Waals surface area contributed by atoms with E-state index >= 15 is 0 Å². The highest BCUT2D eigenvalue weighted by atomic mass is 32.1. The van der Waals surface area contributed by atoms with Crippen LogP contribution in [0, 0.1) is 0 Å². The summed E-state index contributed by atoms with van der Waals surface area (Å²) in [7, 11) is 0. The molecule has 1 N–H and O–H groups in total. The van der Waals surface area contributed by atoms with Crippen molar-refractivity contribution in [2.45, 2.75) is 52.4 Å². The molecule has 0 aliphatic rings. The first-order chi connectivity index (χ1) is 12.6. The normalized spacial score (nSPS) is 12.3. The molecule has 2 heterocycles. The lowest BCUT2D eigenvalue weighted by Gasteiger charge is -2.13. The average molecular weight is 369 g/mol. The molecular formula is C20H24N4OS. The van der Waals surface area contributed by atoms with Crippen LogP contribution in [-0.4, -0.2) is 20.9 Å². The average Bonchev–Trinajstić information content (AvgIpc) is 3.03. The number of fused-ring (bicyclic) bond motifs is 1. The number of nitrogens with zero attached hydrogens (tertiary/aromatic N) is 3. The Balaban J connectivity index is 1.90. The van der Waals surface area contributed by atoms with E-state index in [0.29, 0.717) is 11.0 Å². The smallest absolute Gasteiger partial charge is 0.223 e. The van der Waals surface area contributed by atoms with E-state index in [0.717, 1.165) is 40.1 Å². The zero-order chi connectivity index (χ0) is 18.5. The van der Waals surface area contributed by atoms with Gasteiger partial charge < -0.3 is 5.32 Å². The van der Waals surface area contributed by atoms with Crippen LogP contribution in [0.1, 0.15) is 58.2 Å². The van der Waals surface area contributed by atoms with Crippen LogP contribution in [0.25, 0.3) is 21.5 Å². The number of aromatic nitrogens is 3. The molecule has 1 amide bonds. The first kappa shape index (κ1) is 18.5. The number of unbranched alkanes of at least 4 members (excludes halogenated alkanes) is 1. The first-order valence-electron chi connectivity index (χ1n) is 9.12. The van der Waals surface area contributed by atoms with Crippen molar-refractivity contribution < 1.29 is 4.79 Å². The van der Waals surface area contributed by atoms with Gasteiger partial charge in [0.05, 0.1) is 15.9 Å². The summed E-state index contributed by atoms with van der Waals surface area (Å²) in [5.74, 6) is 1.23. The van der Waals surface area contributed by atoms with Crippen LogP contribution in [0.5, 0.6) is 0 Å². The van der Waals surface area contributed by atoms with Crippen molar-refractivity contribution in [3.8, 4) is 11.3 Å². The number of hydrogen-bond acceptors (Lipinski definition) is 5. The molecule has 26 heavy (non-hydrogen) atoms. The van der Waals surface area contributed by atoms with Crippen LogP contribution in [0.15, 0.2) is 30.5 Å². The molecule has 3 aromatic rings. The van der Waals surface area contributed by atoms with Gasteiger partial charge >= 0.3 is 0 Å². The molecule has 0 saturated carbocycles. The van der Waals surface area contributed by atoms with E-state index in [1.807, 2.05) is 24.4 Å². The van der Waals surface area contributed by atoms with Gasteiger partial charge in [-0.1, -0.05) is 44.1 Å². The van der Waals surface area contributed by atoms with Crippen LogP contribution < -0.4 is 5.32 Å². The van der Waals surface area contributed by atoms with E-state index in [1.165, 1.54) is 31.1 Å². The maximum Gasteiger partial charge on any atom is 0.223 e. The molecule has 0 fully saturated rings. The van der Waals surface area contributed by atoms with Crippen LogP contribution in [0.2, 0.25) is 0 Å². The fourth-order valence-corrected chi connectivity index (χ4v) is 3.94. The van der Waals surface area contributed by atoms with Gasteiger partial charge in [0.2, 0.25) is 5.91 Å². The van der Waals surface area contributed by atoms with E-state index in [4.69, 9.17) is 4.98 Å². The van der Waals surface area contributed by atoms with Crippen molar-refractivity contribution in [3.05, 3.63) is 36.3 Å². The highest BCUT2D eigenvalue weighted by molar-refractivity contribution is 7.22. The number of carbonyl (C=O) groups is 1. The molecule has 0 spiro atoms. The molecule has 1 aromatic carbocycles.